The predicted octanol–water partition coefficient (Wildman–Crippen LogP) is 1.63. The Bertz CT molecular complexity index is 519. The maximum atomic E-state index is 13.9. The fourth-order valence-corrected chi connectivity index (χ4v) is 5.93. The normalized spacial score (nSPS) is 47.8. The van der Waals surface area contributed by atoms with Crippen LogP contribution in [0, 0.1) is 17.8 Å². The van der Waals surface area contributed by atoms with E-state index in [4.69, 9.17) is 4.74 Å². The van der Waals surface area contributed by atoms with Crippen molar-refractivity contribution in [1.82, 2.24) is 15.5 Å². The summed E-state index contributed by atoms with van der Waals surface area (Å²) >= 11 is 0. The highest BCUT2D eigenvalue weighted by molar-refractivity contribution is 5.10. The maximum absolute atomic E-state index is 13.9. The Balaban J connectivity index is 1.53. The van der Waals surface area contributed by atoms with E-state index in [1.54, 1.807) is 13.2 Å². The molecular weight excluding hydrogens is 333 g/mol. The molecular formula is C20H34FN3O2. The van der Waals surface area contributed by atoms with Crippen LogP contribution in [0.5, 0.6) is 0 Å². The molecule has 26 heavy (non-hydrogen) atoms. The quantitative estimate of drug-likeness (QED) is 0.521. The molecule has 0 aromatic carbocycles. The summed E-state index contributed by atoms with van der Waals surface area (Å²) in [7, 11) is 1.58. The Hall–Kier alpha value is -0.530. The minimum absolute atomic E-state index is 0.0242. The van der Waals surface area contributed by atoms with Gasteiger partial charge in [0.25, 0.3) is 0 Å². The predicted molar refractivity (Wildman–Crippen MR) is 99.3 cm³/mol. The standard InChI is InChI=1S/C20H34FN3O2/c1-12-10-13(5-6-15(12)21)19-14(4-3-9-22-19)16-7-8-18-23-11-17(24(16)18)20(25)26-2/h5-6,12-20,22-23,25H,3-4,7-11H2,1-2H3. The zero-order valence-electron chi connectivity index (χ0n) is 16.0. The summed E-state index contributed by atoms with van der Waals surface area (Å²) in [5, 5.41) is 17.7. The van der Waals surface area contributed by atoms with Crippen LogP contribution in [-0.2, 0) is 4.74 Å². The Kier molecular flexibility index (Phi) is 5.67. The van der Waals surface area contributed by atoms with E-state index in [1.807, 2.05) is 6.92 Å². The molecule has 3 fully saturated rings. The van der Waals surface area contributed by atoms with E-state index in [-0.39, 0.29) is 12.0 Å². The van der Waals surface area contributed by atoms with E-state index >= 15 is 0 Å². The van der Waals surface area contributed by atoms with E-state index < -0.39 is 12.5 Å². The monoisotopic (exact) mass is 367 g/mol. The molecule has 0 amide bonds. The second kappa shape index (κ2) is 7.84. The largest absolute Gasteiger partial charge is 0.367 e. The van der Waals surface area contributed by atoms with Crippen LogP contribution in [0.25, 0.3) is 0 Å². The molecule has 4 aliphatic rings. The van der Waals surface area contributed by atoms with E-state index in [1.165, 1.54) is 12.8 Å². The molecule has 0 aromatic heterocycles. The number of aliphatic hydroxyl groups excluding tert-OH is 1. The van der Waals surface area contributed by atoms with Gasteiger partial charge in [0.1, 0.15) is 6.17 Å². The van der Waals surface area contributed by atoms with Gasteiger partial charge in [-0.15, -0.1) is 0 Å². The molecule has 0 radical (unpaired) electrons. The third-order valence-corrected chi connectivity index (χ3v) is 7.24. The van der Waals surface area contributed by atoms with E-state index in [2.05, 4.69) is 21.6 Å². The third-order valence-electron chi connectivity index (χ3n) is 7.24. The molecule has 5 nitrogen and oxygen atoms in total. The number of methoxy groups -OCH3 is 1. The fraction of sp³-hybridized carbons (Fsp3) is 0.900. The van der Waals surface area contributed by atoms with Crippen molar-refractivity contribution in [2.45, 2.75) is 75.8 Å². The smallest absolute Gasteiger partial charge is 0.171 e. The average molecular weight is 368 g/mol. The lowest BCUT2D eigenvalue weighted by molar-refractivity contribution is -0.124. The summed E-state index contributed by atoms with van der Waals surface area (Å²) in [5.41, 5.74) is 0. The maximum Gasteiger partial charge on any atom is 0.171 e. The second-order valence-corrected chi connectivity index (χ2v) is 8.70. The number of hydrogen-bond acceptors (Lipinski definition) is 5. The molecule has 0 bridgehead atoms. The minimum Gasteiger partial charge on any atom is -0.367 e. The van der Waals surface area contributed by atoms with Gasteiger partial charge in [-0.25, -0.2) is 4.39 Å². The lowest BCUT2D eigenvalue weighted by Crippen LogP contribution is -2.56. The molecule has 3 N–H and O–H groups in total. The molecule has 148 valence electrons. The van der Waals surface area contributed by atoms with E-state index in [9.17, 15) is 9.50 Å². The van der Waals surface area contributed by atoms with Crippen LogP contribution < -0.4 is 10.6 Å². The van der Waals surface area contributed by atoms with Crippen LogP contribution >= 0.6 is 0 Å². The van der Waals surface area contributed by atoms with Gasteiger partial charge >= 0.3 is 0 Å². The van der Waals surface area contributed by atoms with Gasteiger partial charge < -0.3 is 15.2 Å². The Morgan fingerprint density at radius 2 is 2.08 bits per heavy atom. The van der Waals surface area contributed by atoms with E-state index in [0.717, 1.165) is 32.4 Å². The number of halogens is 1. The van der Waals surface area contributed by atoms with Crippen molar-refractivity contribution >= 4 is 0 Å². The van der Waals surface area contributed by atoms with Gasteiger partial charge in [0.2, 0.25) is 0 Å². The highest BCUT2D eigenvalue weighted by Gasteiger charge is 2.50. The fourth-order valence-electron chi connectivity index (χ4n) is 5.93. The van der Waals surface area contributed by atoms with Gasteiger partial charge in [0.15, 0.2) is 6.29 Å². The van der Waals surface area contributed by atoms with Gasteiger partial charge in [0, 0.05) is 25.7 Å². The Labute approximate surface area is 156 Å². The van der Waals surface area contributed by atoms with Gasteiger partial charge in [-0.1, -0.05) is 19.1 Å². The topological polar surface area (TPSA) is 56.8 Å². The molecule has 3 aliphatic heterocycles. The zero-order chi connectivity index (χ0) is 18.3. The number of alkyl halides is 1. The molecule has 6 heteroatoms. The van der Waals surface area contributed by atoms with Crippen LogP contribution in [-0.4, -0.2) is 67.0 Å². The first-order valence-corrected chi connectivity index (χ1v) is 10.4. The number of allylic oxidation sites excluding steroid dienone is 1. The highest BCUT2D eigenvalue weighted by Crippen LogP contribution is 2.41. The van der Waals surface area contributed by atoms with Crippen molar-refractivity contribution in [1.29, 1.82) is 0 Å². The number of rotatable bonds is 4. The van der Waals surface area contributed by atoms with Crippen molar-refractivity contribution in [3.8, 4) is 0 Å². The number of nitrogens with one attached hydrogen (secondary N) is 2. The van der Waals surface area contributed by atoms with Crippen molar-refractivity contribution in [3.63, 3.8) is 0 Å². The first kappa shape index (κ1) is 18.8. The molecule has 0 spiro atoms. The molecule has 1 aliphatic carbocycles. The number of ether oxygens (including phenoxy) is 1. The molecule has 0 aromatic rings. The lowest BCUT2D eigenvalue weighted by atomic mass is 9.72. The van der Waals surface area contributed by atoms with Gasteiger partial charge in [0.05, 0.1) is 12.2 Å². The van der Waals surface area contributed by atoms with Gasteiger partial charge in [-0.05, 0) is 56.4 Å². The van der Waals surface area contributed by atoms with Crippen LogP contribution in [0.4, 0.5) is 4.39 Å². The molecule has 3 heterocycles. The van der Waals surface area contributed by atoms with Crippen molar-refractivity contribution in [2.75, 3.05) is 20.2 Å². The van der Waals surface area contributed by atoms with E-state index in [0.29, 0.717) is 30.1 Å². The second-order valence-electron chi connectivity index (χ2n) is 8.70. The summed E-state index contributed by atoms with van der Waals surface area (Å²) in [4.78, 5) is 2.49. The molecule has 3 saturated heterocycles. The highest BCUT2D eigenvalue weighted by atomic mass is 19.1. The first-order valence-electron chi connectivity index (χ1n) is 10.4. The number of hydrogen-bond donors (Lipinski definition) is 3. The van der Waals surface area contributed by atoms with Crippen LogP contribution in [0.15, 0.2) is 12.2 Å². The molecule has 9 atom stereocenters. The zero-order valence-corrected chi connectivity index (χ0v) is 16.0. The van der Waals surface area contributed by atoms with Gasteiger partial charge in [-0.3, -0.25) is 10.2 Å². The summed E-state index contributed by atoms with van der Waals surface area (Å²) < 4.78 is 19.2. The van der Waals surface area contributed by atoms with Crippen molar-refractivity contribution in [2.24, 2.45) is 17.8 Å². The third kappa shape index (κ3) is 3.35. The number of piperidine rings is 1. The Morgan fingerprint density at radius 3 is 2.85 bits per heavy atom. The first-order chi connectivity index (χ1) is 12.6. The van der Waals surface area contributed by atoms with Crippen molar-refractivity contribution < 1.29 is 14.2 Å². The molecule has 0 saturated carbocycles. The summed E-state index contributed by atoms with van der Waals surface area (Å²) in [5.74, 6) is 1.04. The summed E-state index contributed by atoms with van der Waals surface area (Å²) in [6, 6.07) is 0.880. The molecule has 4 rings (SSSR count). The molecule has 9 unspecified atom stereocenters. The van der Waals surface area contributed by atoms with Gasteiger partial charge in [-0.2, -0.15) is 0 Å². The number of fused-ring (bicyclic) bond motifs is 1. The number of nitrogens with zero attached hydrogens (tertiary/aromatic N) is 1. The average Bonchev–Trinajstić information content (AvgIpc) is 3.25. The summed E-state index contributed by atoms with van der Waals surface area (Å²) in [6.07, 6.45) is 8.32. The lowest BCUT2D eigenvalue weighted by Gasteiger charge is -2.45. The number of aliphatic hydroxyl groups is 1. The Morgan fingerprint density at radius 1 is 1.23 bits per heavy atom. The van der Waals surface area contributed by atoms with Crippen LogP contribution in [0.3, 0.4) is 0 Å². The van der Waals surface area contributed by atoms with Crippen LogP contribution in [0.2, 0.25) is 0 Å². The SMILES string of the molecule is COC(O)C1CNC2CCC(C3CCCNC3C3C=CC(F)C(C)C3)N21. The van der Waals surface area contributed by atoms with Crippen molar-refractivity contribution in [3.05, 3.63) is 12.2 Å². The summed E-state index contributed by atoms with van der Waals surface area (Å²) in [6.45, 7) is 3.86. The minimum atomic E-state index is -0.798. The van der Waals surface area contributed by atoms with Crippen LogP contribution in [0.1, 0.15) is 39.0 Å².